The molecule has 1 heterocycles. The Morgan fingerprint density at radius 2 is 2.00 bits per heavy atom. The Morgan fingerprint density at radius 3 is 2.50 bits per heavy atom. The Hall–Kier alpha value is -2.63. The van der Waals surface area contributed by atoms with Crippen molar-refractivity contribution in [2.75, 3.05) is 7.11 Å². The molecule has 6 heteroatoms. The van der Waals surface area contributed by atoms with E-state index in [9.17, 15) is 9.59 Å². The zero-order chi connectivity index (χ0) is 13.1. The second kappa shape index (κ2) is 4.70. The highest BCUT2D eigenvalue weighted by Gasteiger charge is 2.07. The molecule has 0 radical (unpaired) electrons. The van der Waals surface area contributed by atoms with Crippen LogP contribution in [0.25, 0.3) is 5.69 Å². The molecule has 1 N–H and O–H groups in total. The molecule has 0 aliphatic carbocycles. The van der Waals surface area contributed by atoms with Gasteiger partial charge >= 0.3 is 5.97 Å². The fraction of sp³-hybridized carbons (Fsp3) is 0.0833. The standard InChI is InChI=1S/C12H10N2O4/c1-18-10-4-2-9(3-5-10)14-11(15)6-8(7-13-14)12(16)17/h2-7H,1H3,(H,16,17). The first-order valence-corrected chi connectivity index (χ1v) is 5.09. The predicted octanol–water partition coefficient (Wildman–Crippen LogP) is 0.939. The molecule has 18 heavy (non-hydrogen) atoms. The first-order chi connectivity index (χ1) is 8.61. The summed E-state index contributed by atoms with van der Waals surface area (Å²) in [5.41, 5.74) is -0.0948. The van der Waals surface area contributed by atoms with Gasteiger partial charge in [-0.3, -0.25) is 4.79 Å². The molecule has 0 amide bonds. The highest BCUT2D eigenvalue weighted by molar-refractivity contribution is 5.86. The van der Waals surface area contributed by atoms with E-state index in [1.807, 2.05) is 0 Å². The molecule has 6 nitrogen and oxygen atoms in total. The fourth-order valence-corrected chi connectivity index (χ4v) is 1.44. The van der Waals surface area contributed by atoms with E-state index in [1.54, 1.807) is 31.4 Å². The maximum atomic E-state index is 11.7. The van der Waals surface area contributed by atoms with Gasteiger partial charge in [-0.25, -0.2) is 4.79 Å². The summed E-state index contributed by atoms with van der Waals surface area (Å²) in [5, 5.41) is 12.5. The maximum absolute atomic E-state index is 11.7. The van der Waals surface area contributed by atoms with Crippen molar-refractivity contribution in [3.63, 3.8) is 0 Å². The van der Waals surface area contributed by atoms with Crippen LogP contribution in [-0.4, -0.2) is 28.0 Å². The van der Waals surface area contributed by atoms with Gasteiger partial charge < -0.3 is 9.84 Å². The lowest BCUT2D eigenvalue weighted by atomic mass is 10.3. The number of methoxy groups -OCH3 is 1. The smallest absolute Gasteiger partial charge is 0.337 e. The summed E-state index contributed by atoms with van der Waals surface area (Å²) >= 11 is 0. The molecule has 0 unspecified atom stereocenters. The first kappa shape index (κ1) is 11.8. The van der Waals surface area contributed by atoms with Crippen LogP contribution in [0.2, 0.25) is 0 Å². The van der Waals surface area contributed by atoms with Crippen LogP contribution in [0.15, 0.2) is 41.3 Å². The van der Waals surface area contributed by atoms with Crippen molar-refractivity contribution >= 4 is 5.97 Å². The van der Waals surface area contributed by atoms with Crippen molar-refractivity contribution in [1.82, 2.24) is 9.78 Å². The number of aromatic nitrogens is 2. The largest absolute Gasteiger partial charge is 0.497 e. The Kier molecular flexibility index (Phi) is 3.09. The quantitative estimate of drug-likeness (QED) is 0.871. The minimum Gasteiger partial charge on any atom is -0.497 e. The van der Waals surface area contributed by atoms with Crippen molar-refractivity contribution in [2.24, 2.45) is 0 Å². The Labute approximate surface area is 102 Å². The summed E-state index contributed by atoms with van der Waals surface area (Å²) in [7, 11) is 1.54. The molecule has 92 valence electrons. The number of aromatic carboxylic acids is 1. The summed E-state index contributed by atoms with van der Waals surface area (Å²) in [5.74, 6) is -0.518. The third-order valence-electron chi connectivity index (χ3n) is 2.36. The highest BCUT2D eigenvalue weighted by Crippen LogP contribution is 2.12. The van der Waals surface area contributed by atoms with Gasteiger partial charge in [0.05, 0.1) is 24.6 Å². The molecule has 0 aliphatic rings. The molecule has 0 spiro atoms. The zero-order valence-electron chi connectivity index (χ0n) is 9.53. The summed E-state index contributed by atoms with van der Waals surface area (Å²) < 4.78 is 6.12. The number of nitrogens with zero attached hydrogens (tertiary/aromatic N) is 2. The monoisotopic (exact) mass is 246 g/mol. The molecule has 1 aromatic carbocycles. The van der Waals surface area contributed by atoms with E-state index < -0.39 is 11.5 Å². The van der Waals surface area contributed by atoms with E-state index in [-0.39, 0.29) is 5.56 Å². The SMILES string of the molecule is COc1ccc(-n2ncc(C(=O)O)cc2=O)cc1. The van der Waals surface area contributed by atoms with E-state index in [0.717, 1.165) is 16.9 Å². The van der Waals surface area contributed by atoms with Crippen LogP contribution in [0.1, 0.15) is 10.4 Å². The van der Waals surface area contributed by atoms with Gasteiger partial charge in [0, 0.05) is 6.07 Å². The third-order valence-corrected chi connectivity index (χ3v) is 2.36. The van der Waals surface area contributed by atoms with Crippen LogP contribution >= 0.6 is 0 Å². The van der Waals surface area contributed by atoms with Crippen molar-refractivity contribution in [2.45, 2.75) is 0 Å². The van der Waals surface area contributed by atoms with Crippen LogP contribution in [0.3, 0.4) is 0 Å². The number of carboxylic acid groups (broad SMARTS) is 1. The average Bonchev–Trinajstić information content (AvgIpc) is 2.38. The molecule has 0 aliphatic heterocycles. The Bertz CT molecular complexity index is 631. The number of hydrogen-bond donors (Lipinski definition) is 1. The Morgan fingerprint density at radius 1 is 1.33 bits per heavy atom. The minimum atomic E-state index is -1.18. The summed E-state index contributed by atoms with van der Waals surface area (Å²) in [6.45, 7) is 0. The number of ether oxygens (including phenoxy) is 1. The van der Waals surface area contributed by atoms with E-state index in [0.29, 0.717) is 11.4 Å². The predicted molar refractivity (Wildman–Crippen MR) is 63.3 cm³/mol. The number of hydrogen-bond acceptors (Lipinski definition) is 4. The molecule has 1 aromatic heterocycles. The lowest BCUT2D eigenvalue weighted by Crippen LogP contribution is -2.21. The molecule has 0 saturated carbocycles. The van der Waals surface area contributed by atoms with Crippen LogP contribution < -0.4 is 10.3 Å². The second-order valence-corrected chi connectivity index (χ2v) is 3.50. The van der Waals surface area contributed by atoms with Crippen LogP contribution in [-0.2, 0) is 0 Å². The maximum Gasteiger partial charge on any atom is 0.337 e. The van der Waals surface area contributed by atoms with Crippen molar-refractivity contribution in [1.29, 1.82) is 0 Å². The van der Waals surface area contributed by atoms with E-state index >= 15 is 0 Å². The third kappa shape index (κ3) is 2.22. The average molecular weight is 246 g/mol. The van der Waals surface area contributed by atoms with Crippen molar-refractivity contribution in [3.8, 4) is 11.4 Å². The lowest BCUT2D eigenvalue weighted by Gasteiger charge is -2.05. The molecule has 0 atom stereocenters. The minimum absolute atomic E-state index is 0.134. The van der Waals surface area contributed by atoms with Gasteiger partial charge in [-0.15, -0.1) is 0 Å². The van der Waals surface area contributed by atoms with Gasteiger partial charge in [0.15, 0.2) is 0 Å². The first-order valence-electron chi connectivity index (χ1n) is 5.09. The van der Waals surface area contributed by atoms with E-state index in [2.05, 4.69) is 5.10 Å². The number of carbonyl (C=O) groups is 1. The molecule has 0 fully saturated rings. The Balaban J connectivity index is 2.44. The number of benzene rings is 1. The molecule has 0 saturated heterocycles. The fourth-order valence-electron chi connectivity index (χ4n) is 1.44. The summed E-state index contributed by atoms with van der Waals surface area (Å²) in [6, 6.07) is 7.73. The number of rotatable bonds is 3. The molecular weight excluding hydrogens is 236 g/mol. The topological polar surface area (TPSA) is 81.4 Å². The highest BCUT2D eigenvalue weighted by atomic mass is 16.5. The van der Waals surface area contributed by atoms with Crippen molar-refractivity contribution < 1.29 is 14.6 Å². The molecule has 0 bridgehead atoms. The normalized spacial score (nSPS) is 10.1. The molecule has 2 aromatic rings. The number of carboxylic acids is 1. The van der Waals surface area contributed by atoms with Crippen LogP contribution in [0.5, 0.6) is 5.75 Å². The van der Waals surface area contributed by atoms with Gasteiger partial charge in [0.25, 0.3) is 5.56 Å². The van der Waals surface area contributed by atoms with Crippen LogP contribution in [0.4, 0.5) is 0 Å². The lowest BCUT2D eigenvalue weighted by molar-refractivity contribution is 0.0696. The van der Waals surface area contributed by atoms with Crippen LogP contribution in [0, 0.1) is 0 Å². The molecule has 2 rings (SSSR count). The van der Waals surface area contributed by atoms with E-state index in [4.69, 9.17) is 9.84 Å². The van der Waals surface area contributed by atoms with Crippen molar-refractivity contribution in [3.05, 3.63) is 52.4 Å². The van der Waals surface area contributed by atoms with Gasteiger partial charge in [0.1, 0.15) is 5.75 Å². The van der Waals surface area contributed by atoms with Gasteiger partial charge in [0.2, 0.25) is 0 Å². The van der Waals surface area contributed by atoms with Gasteiger partial charge in [-0.2, -0.15) is 9.78 Å². The summed E-state index contributed by atoms with van der Waals surface area (Å²) in [6.07, 6.45) is 1.13. The summed E-state index contributed by atoms with van der Waals surface area (Å²) in [4.78, 5) is 22.4. The van der Waals surface area contributed by atoms with Gasteiger partial charge in [-0.1, -0.05) is 0 Å². The molecular formula is C12H10N2O4. The second-order valence-electron chi connectivity index (χ2n) is 3.50. The zero-order valence-corrected chi connectivity index (χ0v) is 9.53. The van der Waals surface area contributed by atoms with Gasteiger partial charge in [-0.05, 0) is 24.3 Å². The van der Waals surface area contributed by atoms with E-state index in [1.165, 1.54) is 0 Å².